The lowest BCUT2D eigenvalue weighted by Gasteiger charge is -2.17. The highest BCUT2D eigenvalue weighted by Gasteiger charge is 2.65. The number of aliphatic hydroxyl groups excluding tert-OH is 1. The minimum Gasteiger partial charge on any atom is -0.496 e. The third-order valence-corrected chi connectivity index (χ3v) is 9.56. The molecule has 2 saturated heterocycles. The maximum atomic E-state index is 13.3. The molecule has 4 atom stereocenters. The van der Waals surface area contributed by atoms with Crippen LogP contribution in [0.1, 0.15) is 36.8 Å². The molecule has 1 aromatic rings. The van der Waals surface area contributed by atoms with Gasteiger partial charge in [-0.25, -0.2) is 9.59 Å². The molecule has 0 spiro atoms. The van der Waals surface area contributed by atoms with Gasteiger partial charge >= 0.3 is 24.0 Å². The predicted molar refractivity (Wildman–Crippen MR) is 171 cm³/mol. The summed E-state index contributed by atoms with van der Waals surface area (Å²) in [5.74, 6) is 0.154. The first-order valence-corrected chi connectivity index (χ1v) is 17.1. The number of methoxy groups -OCH3 is 1. The van der Waals surface area contributed by atoms with Gasteiger partial charge in [0.1, 0.15) is 18.5 Å². The van der Waals surface area contributed by atoms with Crippen molar-refractivity contribution in [2.75, 3.05) is 58.9 Å². The van der Waals surface area contributed by atoms with E-state index in [4.69, 9.17) is 18.9 Å². The second kappa shape index (κ2) is 18.4. The number of ether oxygens (including phenoxy) is 4. The van der Waals surface area contributed by atoms with E-state index >= 15 is 0 Å². The molecule has 5 amide bonds. The van der Waals surface area contributed by atoms with E-state index in [0.717, 1.165) is 37.1 Å². The molecule has 16 nitrogen and oxygen atoms in total. The number of aliphatic hydroxyl groups is 1. The van der Waals surface area contributed by atoms with E-state index in [1.54, 1.807) is 0 Å². The topological polar surface area (TPSA) is 210 Å². The number of benzene rings is 1. The Morgan fingerprint density at radius 3 is 2.46 bits per heavy atom. The summed E-state index contributed by atoms with van der Waals surface area (Å²) in [5, 5.41) is 30.1. The lowest BCUT2D eigenvalue weighted by atomic mass is 10.0. The van der Waals surface area contributed by atoms with Crippen molar-refractivity contribution in [3.05, 3.63) is 29.3 Å². The molecule has 1 aromatic carbocycles. The monoisotopic (exact) mass is 733 g/mol. The molecule has 4 rings (SSSR count). The van der Waals surface area contributed by atoms with Crippen LogP contribution in [-0.2, 0) is 36.1 Å². The molecule has 278 valence electrons. The van der Waals surface area contributed by atoms with Crippen molar-refractivity contribution in [2.45, 2.75) is 67.6 Å². The number of alkyl halides is 3. The van der Waals surface area contributed by atoms with Gasteiger partial charge in [-0.2, -0.15) is 24.9 Å². The number of carbonyl (C=O) groups is 4. The Bertz CT molecular complexity index is 1370. The maximum absolute atomic E-state index is 13.3. The van der Waals surface area contributed by atoms with E-state index in [1.807, 2.05) is 11.8 Å². The maximum Gasteiger partial charge on any atom is 0.442 e. The molecule has 0 unspecified atom stereocenters. The molecule has 3 heterocycles. The van der Waals surface area contributed by atoms with Crippen LogP contribution in [0.25, 0.3) is 0 Å². The Morgan fingerprint density at radius 1 is 1.06 bits per heavy atom. The fourth-order valence-electron chi connectivity index (χ4n) is 5.30. The summed E-state index contributed by atoms with van der Waals surface area (Å²) in [5.41, 5.74) is -2.58. The van der Waals surface area contributed by atoms with E-state index in [9.17, 15) is 37.5 Å². The van der Waals surface area contributed by atoms with E-state index in [2.05, 4.69) is 36.8 Å². The number of unbranched alkanes of at least 4 members (excludes halogenated alkanes) is 1. The van der Waals surface area contributed by atoms with Crippen LogP contribution in [0.5, 0.6) is 5.75 Å². The van der Waals surface area contributed by atoms with Gasteiger partial charge < -0.3 is 50.6 Å². The summed E-state index contributed by atoms with van der Waals surface area (Å²) in [6.45, 7) is 0.636. The number of alkyl carbamates (subject to hydrolysis) is 1. The van der Waals surface area contributed by atoms with Crippen LogP contribution in [0.15, 0.2) is 28.4 Å². The molecule has 0 aromatic heterocycles. The number of carbonyl (C=O) groups excluding carboxylic acids is 4. The smallest absolute Gasteiger partial charge is 0.442 e. The summed E-state index contributed by atoms with van der Waals surface area (Å²) >= 11 is 1.86. The van der Waals surface area contributed by atoms with Crippen LogP contribution in [0, 0.1) is 0 Å². The highest BCUT2D eigenvalue weighted by atomic mass is 32.2. The van der Waals surface area contributed by atoms with Crippen molar-refractivity contribution >= 4 is 35.7 Å². The number of halogens is 3. The van der Waals surface area contributed by atoms with Gasteiger partial charge in [-0.15, -0.1) is 10.2 Å². The van der Waals surface area contributed by atoms with Crippen molar-refractivity contribution in [1.29, 1.82) is 0 Å². The molecule has 3 aliphatic heterocycles. The van der Waals surface area contributed by atoms with Gasteiger partial charge in [0.25, 0.3) is 5.91 Å². The summed E-state index contributed by atoms with van der Waals surface area (Å²) in [6, 6.07) is 3.84. The fourth-order valence-corrected chi connectivity index (χ4v) is 6.85. The zero-order chi connectivity index (χ0) is 36.1. The number of hydrogen-bond acceptors (Lipinski definition) is 12. The van der Waals surface area contributed by atoms with Crippen LogP contribution < -0.4 is 31.3 Å². The first-order valence-electron chi connectivity index (χ1n) is 16.1. The first kappa shape index (κ1) is 38.9. The highest BCUT2D eigenvalue weighted by molar-refractivity contribution is 8.00. The highest BCUT2D eigenvalue weighted by Crippen LogP contribution is 2.53. The Hall–Kier alpha value is -3.88. The molecule has 0 radical (unpaired) electrons. The minimum atomic E-state index is -4.70. The van der Waals surface area contributed by atoms with Crippen molar-refractivity contribution in [3.8, 4) is 5.75 Å². The quantitative estimate of drug-likeness (QED) is 0.0792. The average molecular weight is 734 g/mol. The molecule has 2 fully saturated rings. The molecular weight excluding hydrogens is 691 g/mol. The molecular formula is C30H42F3N7O9S. The zero-order valence-corrected chi connectivity index (χ0v) is 28.2. The second-order valence-corrected chi connectivity index (χ2v) is 12.9. The van der Waals surface area contributed by atoms with Crippen LogP contribution in [-0.4, -0.2) is 118 Å². The van der Waals surface area contributed by atoms with E-state index in [0.29, 0.717) is 24.8 Å². The number of nitrogens with zero attached hydrogens (tertiary/aromatic N) is 2. The summed E-state index contributed by atoms with van der Waals surface area (Å²) in [4.78, 5) is 47.6. The number of fused-ring (bicyclic) bond motifs is 1. The average Bonchev–Trinajstić information content (AvgIpc) is 3.73. The SMILES string of the molecule is COc1cc(C2(C(F)(F)F)N=N2)ccc1COC(=O)NC[C@@H](O)C(=O)NCCOCCOCCNC(=O)CCCC[C@@H]1SC[C@@H]2NC(=O)N[C@@H]21. The molecule has 6 N–H and O–H groups in total. The number of urea groups is 1. The summed E-state index contributed by atoms with van der Waals surface area (Å²) in [6.07, 6.45) is -4.19. The number of amides is 5. The molecule has 3 aliphatic rings. The summed E-state index contributed by atoms with van der Waals surface area (Å²) < 4.78 is 60.7. The van der Waals surface area contributed by atoms with Gasteiger partial charge in [0.05, 0.1) is 52.2 Å². The molecule has 0 bridgehead atoms. The van der Waals surface area contributed by atoms with Crippen molar-refractivity contribution in [2.24, 2.45) is 10.2 Å². The second-order valence-electron chi connectivity index (χ2n) is 11.6. The lowest BCUT2D eigenvalue weighted by Crippen LogP contribution is -2.43. The molecule has 0 saturated carbocycles. The number of rotatable bonds is 21. The van der Waals surface area contributed by atoms with E-state index in [-0.39, 0.29) is 73.9 Å². The minimum absolute atomic E-state index is 0.0315. The number of nitrogens with one attached hydrogen (secondary N) is 5. The third-order valence-electron chi connectivity index (χ3n) is 8.05. The van der Waals surface area contributed by atoms with Gasteiger partial charge in [-0.3, -0.25) is 9.59 Å². The van der Waals surface area contributed by atoms with Gasteiger partial charge in [0.2, 0.25) is 5.91 Å². The Morgan fingerprint density at radius 2 is 1.78 bits per heavy atom. The van der Waals surface area contributed by atoms with Crippen LogP contribution >= 0.6 is 11.8 Å². The Kier molecular flexibility index (Phi) is 14.3. The standard InChI is InChI=1S/C30H42F3N7O9S/c1-46-22-14-19(29(39-40-29)30(31,32)33)7-6-18(22)16-49-28(45)36-15-21(41)26(43)35-9-11-48-13-12-47-10-8-34-24(42)5-3-2-4-23-25-20(17-50-23)37-27(44)38-25/h6-7,14,20-21,23,25,41H,2-5,8-13,15-17H2,1H3,(H,34,42)(H,35,43)(H,36,45)(H2,37,38,44)/t20-,21+,23-,25-/m0/s1. The summed E-state index contributed by atoms with van der Waals surface area (Å²) in [7, 11) is 1.25. The fraction of sp³-hybridized carbons (Fsp3) is 0.667. The molecule has 0 aliphatic carbocycles. The van der Waals surface area contributed by atoms with Crippen LogP contribution in [0.4, 0.5) is 22.8 Å². The largest absolute Gasteiger partial charge is 0.496 e. The Balaban J connectivity index is 0.950. The van der Waals surface area contributed by atoms with Gasteiger partial charge in [-0.05, 0) is 18.9 Å². The Labute approximate surface area is 290 Å². The normalized spacial score (nSPS) is 20.7. The van der Waals surface area contributed by atoms with Gasteiger partial charge in [0.15, 0.2) is 0 Å². The van der Waals surface area contributed by atoms with Gasteiger partial charge in [0, 0.05) is 41.6 Å². The lowest BCUT2D eigenvalue weighted by molar-refractivity contribution is -0.166. The van der Waals surface area contributed by atoms with Crippen molar-refractivity contribution in [1.82, 2.24) is 26.6 Å². The van der Waals surface area contributed by atoms with Crippen molar-refractivity contribution < 1.29 is 56.4 Å². The number of thioether (sulfide) groups is 1. The molecule has 20 heteroatoms. The van der Waals surface area contributed by atoms with Gasteiger partial charge in [-0.1, -0.05) is 18.6 Å². The third kappa shape index (κ3) is 11.1. The first-order chi connectivity index (χ1) is 23.9. The van der Waals surface area contributed by atoms with E-state index in [1.165, 1.54) is 13.2 Å². The number of hydrogen-bond donors (Lipinski definition) is 6. The van der Waals surface area contributed by atoms with Crippen LogP contribution in [0.2, 0.25) is 0 Å². The van der Waals surface area contributed by atoms with Crippen molar-refractivity contribution in [3.63, 3.8) is 0 Å². The predicted octanol–water partition coefficient (Wildman–Crippen LogP) is 1.45. The molecule has 50 heavy (non-hydrogen) atoms. The van der Waals surface area contributed by atoms with E-state index < -0.39 is 36.5 Å². The zero-order valence-electron chi connectivity index (χ0n) is 27.4. The van der Waals surface area contributed by atoms with Crippen LogP contribution in [0.3, 0.4) is 0 Å².